The summed E-state index contributed by atoms with van der Waals surface area (Å²) in [5.41, 5.74) is 3.43. The first-order valence-corrected chi connectivity index (χ1v) is 7.23. The van der Waals surface area contributed by atoms with E-state index in [1.165, 1.54) is 24.8 Å². The van der Waals surface area contributed by atoms with Crippen LogP contribution in [-0.4, -0.2) is 13.6 Å². The lowest BCUT2D eigenvalue weighted by Crippen LogP contribution is -2.33. The molecule has 18 heavy (non-hydrogen) atoms. The summed E-state index contributed by atoms with van der Waals surface area (Å²) in [6.07, 6.45) is 4.04. The van der Waals surface area contributed by atoms with Crippen LogP contribution >= 0.6 is 0 Å². The maximum Gasteiger partial charge on any atom is -0.00177 e. The Morgan fingerprint density at radius 1 is 1.33 bits per heavy atom. The maximum atomic E-state index is 3.38. The summed E-state index contributed by atoms with van der Waals surface area (Å²) in [4.78, 5) is 0. The molecule has 1 aliphatic carbocycles. The molecule has 0 spiro atoms. The quantitative estimate of drug-likeness (QED) is 0.844. The van der Waals surface area contributed by atoms with Crippen LogP contribution in [0.1, 0.15) is 50.2 Å². The van der Waals surface area contributed by atoms with Gasteiger partial charge in [-0.05, 0) is 62.6 Å². The van der Waals surface area contributed by atoms with E-state index in [1.807, 2.05) is 0 Å². The number of nitrogens with one attached hydrogen (secondary N) is 1. The maximum absolute atomic E-state index is 3.38. The Hall–Kier alpha value is -0.820. The second-order valence-electron chi connectivity index (χ2n) is 6.75. The van der Waals surface area contributed by atoms with Crippen molar-refractivity contribution in [3.63, 3.8) is 0 Å². The van der Waals surface area contributed by atoms with Crippen molar-refractivity contribution in [1.29, 1.82) is 0 Å². The highest BCUT2D eigenvalue weighted by Gasteiger charge is 2.35. The summed E-state index contributed by atoms with van der Waals surface area (Å²) in [6, 6.07) is 9.11. The molecule has 1 aromatic rings. The van der Waals surface area contributed by atoms with Crippen LogP contribution in [0.15, 0.2) is 24.3 Å². The van der Waals surface area contributed by atoms with Gasteiger partial charge in [-0.3, -0.25) is 0 Å². The predicted molar refractivity (Wildman–Crippen MR) is 79.0 cm³/mol. The van der Waals surface area contributed by atoms with Gasteiger partial charge in [0.1, 0.15) is 0 Å². The van der Waals surface area contributed by atoms with Crippen molar-refractivity contribution in [2.75, 3.05) is 13.6 Å². The van der Waals surface area contributed by atoms with Crippen molar-refractivity contribution < 1.29 is 0 Å². The average Bonchev–Trinajstić information content (AvgIpc) is 2.31. The van der Waals surface area contributed by atoms with E-state index >= 15 is 0 Å². The summed E-state index contributed by atoms with van der Waals surface area (Å²) >= 11 is 0. The van der Waals surface area contributed by atoms with Gasteiger partial charge in [-0.15, -0.1) is 0 Å². The number of hydrogen-bond donors (Lipinski definition) is 1. The zero-order valence-electron chi connectivity index (χ0n) is 12.3. The number of benzene rings is 1. The van der Waals surface area contributed by atoms with Crippen LogP contribution in [0.4, 0.5) is 0 Å². The van der Waals surface area contributed by atoms with E-state index in [2.05, 4.69) is 57.4 Å². The summed E-state index contributed by atoms with van der Waals surface area (Å²) in [5, 5.41) is 3.38. The van der Waals surface area contributed by atoms with Crippen LogP contribution in [0.25, 0.3) is 0 Å². The van der Waals surface area contributed by atoms with Gasteiger partial charge in [-0.25, -0.2) is 0 Å². The first-order valence-electron chi connectivity index (χ1n) is 7.23. The fourth-order valence-corrected chi connectivity index (χ4v) is 3.44. The molecule has 1 N–H and O–H groups in total. The molecule has 0 heterocycles. The lowest BCUT2D eigenvalue weighted by molar-refractivity contribution is 0.161. The number of aryl methyl sites for hydroxylation is 1. The Labute approximate surface area is 112 Å². The standard InChI is InChI=1S/C17H27N/c1-13-6-5-7-14(10-13)16-11-17(2,3)9-8-15(16)12-18-4/h5-7,10,15-16,18H,8-9,11-12H2,1-4H3. The predicted octanol–water partition coefficient (Wildman–Crippen LogP) is 4.12. The number of hydrogen-bond acceptors (Lipinski definition) is 1. The van der Waals surface area contributed by atoms with Crippen LogP contribution in [0.3, 0.4) is 0 Å². The molecule has 0 aliphatic heterocycles. The molecule has 1 nitrogen and oxygen atoms in total. The second-order valence-corrected chi connectivity index (χ2v) is 6.75. The smallest absolute Gasteiger partial charge is 0.00177 e. The van der Waals surface area contributed by atoms with Gasteiger partial charge in [-0.1, -0.05) is 43.7 Å². The third-order valence-electron chi connectivity index (χ3n) is 4.47. The highest BCUT2D eigenvalue weighted by Crippen LogP contribution is 2.46. The minimum Gasteiger partial charge on any atom is -0.319 e. The average molecular weight is 245 g/mol. The normalized spacial score (nSPS) is 27.1. The Balaban J connectivity index is 2.24. The van der Waals surface area contributed by atoms with Gasteiger partial charge in [0, 0.05) is 0 Å². The van der Waals surface area contributed by atoms with Gasteiger partial charge in [0.25, 0.3) is 0 Å². The third kappa shape index (κ3) is 3.14. The molecule has 1 aromatic carbocycles. The summed E-state index contributed by atoms with van der Waals surface area (Å²) in [5.74, 6) is 1.52. The fourth-order valence-electron chi connectivity index (χ4n) is 3.44. The zero-order valence-corrected chi connectivity index (χ0v) is 12.3. The van der Waals surface area contributed by atoms with Gasteiger partial charge in [0.05, 0.1) is 0 Å². The van der Waals surface area contributed by atoms with E-state index in [-0.39, 0.29) is 0 Å². The van der Waals surface area contributed by atoms with Crippen LogP contribution in [0.5, 0.6) is 0 Å². The molecule has 2 unspecified atom stereocenters. The van der Waals surface area contributed by atoms with E-state index in [9.17, 15) is 0 Å². The van der Waals surface area contributed by atoms with E-state index in [4.69, 9.17) is 0 Å². The van der Waals surface area contributed by atoms with Crippen molar-refractivity contribution in [2.45, 2.75) is 46.0 Å². The molecule has 1 fully saturated rings. The summed E-state index contributed by atoms with van der Waals surface area (Å²) in [7, 11) is 2.08. The molecule has 1 heteroatoms. The van der Waals surface area contributed by atoms with Crippen molar-refractivity contribution in [3.05, 3.63) is 35.4 Å². The Morgan fingerprint density at radius 2 is 2.11 bits per heavy atom. The molecular weight excluding hydrogens is 218 g/mol. The molecule has 2 rings (SSSR count). The van der Waals surface area contributed by atoms with Crippen LogP contribution < -0.4 is 5.32 Å². The molecule has 0 radical (unpaired) electrons. The SMILES string of the molecule is CNCC1CCC(C)(C)CC1c1cccc(C)c1. The van der Waals surface area contributed by atoms with E-state index in [1.54, 1.807) is 5.56 Å². The Bertz CT molecular complexity index is 394. The van der Waals surface area contributed by atoms with Crippen molar-refractivity contribution >= 4 is 0 Å². The zero-order chi connectivity index (χ0) is 13.2. The van der Waals surface area contributed by atoms with Crippen LogP contribution in [0.2, 0.25) is 0 Å². The van der Waals surface area contributed by atoms with Crippen LogP contribution in [-0.2, 0) is 0 Å². The van der Waals surface area contributed by atoms with Crippen LogP contribution in [0, 0.1) is 18.3 Å². The molecule has 0 aromatic heterocycles. The first kappa shape index (κ1) is 13.6. The van der Waals surface area contributed by atoms with Gasteiger partial charge in [0.2, 0.25) is 0 Å². The van der Waals surface area contributed by atoms with E-state index in [0.717, 1.165) is 18.4 Å². The molecule has 0 bridgehead atoms. The summed E-state index contributed by atoms with van der Waals surface area (Å²) < 4.78 is 0. The molecular formula is C17H27N. The number of rotatable bonds is 3. The minimum absolute atomic E-state index is 0.499. The molecule has 2 atom stereocenters. The largest absolute Gasteiger partial charge is 0.319 e. The molecule has 0 amide bonds. The molecule has 1 saturated carbocycles. The molecule has 0 saturated heterocycles. The first-order chi connectivity index (χ1) is 8.52. The monoisotopic (exact) mass is 245 g/mol. The van der Waals surface area contributed by atoms with Gasteiger partial charge in [-0.2, -0.15) is 0 Å². The van der Waals surface area contributed by atoms with Crippen molar-refractivity contribution in [1.82, 2.24) is 5.32 Å². The molecule has 1 aliphatic rings. The van der Waals surface area contributed by atoms with Gasteiger partial charge >= 0.3 is 0 Å². The lowest BCUT2D eigenvalue weighted by atomic mass is 9.65. The second kappa shape index (κ2) is 5.44. The highest BCUT2D eigenvalue weighted by molar-refractivity contribution is 5.27. The highest BCUT2D eigenvalue weighted by atomic mass is 14.8. The van der Waals surface area contributed by atoms with E-state index < -0.39 is 0 Å². The topological polar surface area (TPSA) is 12.0 Å². The third-order valence-corrected chi connectivity index (χ3v) is 4.47. The summed E-state index contributed by atoms with van der Waals surface area (Å²) in [6.45, 7) is 8.19. The Morgan fingerprint density at radius 3 is 2.78 bits per heavy atom. The molecule has 100 valence electrons. The van der Waals surface area contributed by atoms with E-state index in [0.29, 0.717) is 5.41 Å². The fraction of sp³-hybridized carbons (Fsp3) is 0.647. The minimum atomic E-state index is 0.499. The van der Waals surface area contributed by atoms with Gasteiger partial charge < -0.3 is 5.32 Å². The van der Waals surface area contributed by atoms with Crippen molar-refractivity contribution in [3.8, 4) is 0 Å². The lowest BCUT2D eigenvalue weighted by Gasteiger charge is -2.41. The van der Waals surface area contributed by atoms with Crippen molar-refractivity contribution in [2.24, 2.45) is 11.3 Å². The van der Waals surface area contributed by atoms with Gasteiger partial charge in [0.15, 0.2) is 0 Å². The Kier molecular flexibility index (Phi) is 4.11.